The van der Waals surface area contributed by atoms with Gasteiger partial charge in [0.15, 0.2) is 11.6 Å². The minimum atomic E-state index is -1.75. The number of benzene rings is 1. The van der Waals surface area contributed by atoms with Crippen molar-refractivity contribution in [2.75, 3.05) is 26.6 Å². The SMILES string of the molecule is CCOC(=O)[C@H](C)OC(=O)[C@@](C)(NC(=O)c1ccccc1C(=O)OC)[C@@H]1NC=C(C(=O)OC)CS1. The Bertz CT molecular complexity index is 1030. The number of ether oxygens (including phenoxy) is 4. The summed E-state index contributed by atoms with van der Waals surface area (Å²) in [4.78, 5) is 62.5. The van der Waals surface area contributed by atoms with Gasteiger partial charge in [-0.3, -0.25) is 4.79 Å². The molecule has 35 heavy (non-hydrogen) atoms. The fourth-order valence-corrected chi connectivity index (χ4v) is 4.31. The Morgan fingerprint density at radius 1 is 1.11 bits per heavy atom. The fraction of sp³-hybridized carbons (Fsp3) is 0.435. The van der Waals surface area contributed by atoms with Crippen LogP contribution in [0.1, 0.15) is 41.5 Å². The van der Waals surface area contributed by atoms with Gasteiger partial charge in [0.2, 0.25) is 0 Å². The molecular weight excluding hydrogens is 480 g/mol. The third-order valence-corrected chi connectivity index (χ3v) is 6.48. The van der Waals surface area contributed by atoms with E-state index in [9.17, 15) is 24.0 Å². The minimum Gasteiger partial charge on any atom is -0.466 e. The van der Waals surface area contributed by atoms with E-state index < -0.39 is 46.8 Å². The summed E-state index contributed by atoms with van der Waals surface area (Å²) in [5, 5.41) is 4.73. The van der Waals surface area contributed by atoms with Crippen LogP contribution in [0.4, 0.5) is 0 Å². The maximum absolute atomic E-state index is 13.3. The highest BCUT2D eigenvalue weighted by Gasteiger charge is 2.47. The standard InChI is InChI=1S/C23H28N2O9S/c1-6-33-18(27)13(2)34-22(30)23(3,21-24-11-14(12-35-21)19(28)31-4)25-17(26)15-9-7-8-10-16(15)20(29)32-5/h7-11,13,21,24H,6,12H2,1-5H3,(H,25,26)/t13-,21+,23-/m0/s1. The molecule has 0 spiro atoms. The Kier molecular flexibility index (Phi) is 9.69. The molecule has 1 aliphatic rings. The van der Waals surface area contributed by atoms with Gasteiger partial charge in [-0.2, -0.15) is 0 Å². The molecule has 1 aromatic carbocycles. The third-order valence-electron chi connectivity index (χ3n) is 5.06. The van der Waals surface area contributed by atoms with Crippen LogP contribution in [0.25, 0.3) is 0 Å². The molecule has 11 nitrogen and oxygen atoms in total. The van der Waals surface area contributed by atoms with Gasteiger partial charge in [-0.1, -0.05) is 12.1 Å². The van der Waals surface area contributed by atoms with Gasteiger partial charge in [-0.05, 0) is 32.9 Å². The lowest BCUT2D eigenvalue weighted by atomic mass is 9.99. The minimum absolute atomic E-state index is 0.000221. The topological polar surface area (TPSA) is 146 Å². The first-order chi connectivity index (χ1) is 16.6. The van der Waals surface area contributed by atoms with Crippen molar-refractivity contribution in [1.29, 1.82) is 0 Å². The zero-order chi connectivity index (χ0) is 26.2. The molecule has 0 aliphatic carbocycles. The van der Waals surface area contributed by atoms with Crippen LogP contribution in [-0.4, -0.2) is 73.4 Å². The van der Waals surface area contributed by atoms with Gasteiger partial charge in [-0.25, -0.2) is 19.2 Å². The van der Waals surface area contributed by atoms with Crippen LogP contribution >= 0.6 is 11.8 Å². The number of carbonyl (C=O) groups excluding carboxylic acids is 5. The van der Waals surface area contributed by atoms with Gasteiger partial charge in [0, 0.05) is 12.0 Å². The van der Waals surface area contributed by atoms with Crippen LogP contribution in [0.15, 0.2) is 36.0 Å². The maximum atomic E-state index is 13.3. The summed E-state index contributed by atoms with van der Waals surface area (Å²) in [6, 6.07) is 5.94. The van der Waals surface area contributed by atoms with Crippen molar-refractivity contribution >= 4 is 41.5 Å². The molecule has 1 amide bonds. The first-order valence-electron chi connectivity index (χ1n) is 10.6. The number of hydrogen-bond acceptors (Lipinski definition) is 11. The normalized spacial score (nSPS) is 17.4. The van der Waals surface area contributed by atoms with Crippen LogP contribution in [0.2, 0.25) is 0 Å². The number of hydrogen-bond donors (Lipinski definition) is 2. The zero-order valence-electron chi connectivity index (χ0n) is 20.0. The van der Waals surface area contributed by atoms with Gasteiger partial charge in [0.1, 0.15) is 5.37 Å². The first-order valence-corrected chi connectivity index (χ1v) is 11.7. The van der Waals surface area contributed by atoms with E-state index in [1.54, 1.807) is 19.1 Å². The van der Waals surface area contributed by atoms with Gasteiger partial charge in [-0.15, -0.1) is 11.8 Å². The lowest BCUT2D eigenvalue weighted by molar-refractivity contribution is -0.170. The number of esters is 4. The summed E-state index contributed by atoms with van der Waals surface area (Å²) in [5.74, 6) is -3.52. The molecule has 1 heterocycles. The van der Waals surface area contributed by atoms with E-state index in [1.807, 2.05) is 0 Å². The van der Waals surface area contributed by atoms with Crippen molar-refractivity contribution in [2.24, 2.45) is 0 Å². The van der Waals surface area contributed by atoms with E-state index in [4.69, 9.17) is 18.9 Å². The smallest absolute Gasteiger partial charge is 0.347 e. The Labute approximate surface area is 206 Å². The van der Waals surface area contributed by atoms with Crippen molar-refractivity contribution < 1.29 is 42.9 Å². The molecule has 0 radical (unpaired) electrons. The Hall–Kier alpha value is -3.54. The van der Waals surface area contributed by atoms with Crippen molar-refractivity contribution in [3.05, 3.63) is 47.2 Å². The van der Waals surface area contributed by atoms with Crippen molar-refractivity contribution in [1.82, 2.24) is 10.6 Å². The van der Waals surface area contributed by atoms with Gasteiger partial charge >= 0.3 is 23.9 Å². The largest absolute Gasteiger partial charge is 0.466 e. The van der Waals surface area contributed by atoms with Crippen LogP contribution < -0.4 is 10.6 Å². The van der Waals surface area contributed by atoms with E-state index in [1.165, 1.54) is 46.4 Å². The number of nitrogens with one attached hydrogen (secondary N) is 2. The average Bonchev–Trinajstić information content (AvgIpc) is 2.87. The molecule has 1 aromatic rings. The second-order valence-electron chi connectivity index (χ2n) is 7.51. The van der Waals surface area contributed by atoms with Crippen molar-refractivity contribution in [3.8, 4) is 0 Å². The van der Waals surface area contributed by atoms with E-state index in [-0.39, 0.29) is 23.5 Å². The summed E-state index contributed by atoms with van der Waals surface area (Å²) >= 11 is 1.14. The molecule has 2 rings (SSSR count). The maximum Gasteiger partial charge on any atom is 0.347 e. The predicted octanol–water partition coefficient (Wildman–Crippen LogP) is 1.18. The highest BCUT2D eigenvalue weighted by atomic mass is 32.2. The second-order valence-corrected chi connectivity index (χ2v) is 8.61. The molecule has 0 saturated carbocycles. The molecular formula is C23H28N2O9S. The summed E-state index contributed by atoms with van der Waals surface area (Å²) in [7, 11) is 2.43. The summed E-state index contributed by atoms with van der Waals surface area (Å²) in [6.07, 6.45) is 0.151. The third kappa shape index (κ3) is 6.53. The second kappa shape index (κ2) is 12.2. The Balaban J connectivity index is 2.39. The summed E-state index contributed by atoms with van der Waals surface area (Å²) < 4.78 is 19.7. The van der Waals surface area contributed by atoms with E-state index in [0.717, 1.165) is 11.8 Å². The molecule has 12 heteroatoms. The van der Waals surface area contributed by atoms with E-state index >= 15 is 0 Å². The van der Waals surface area contributed by atoms with Crippen LogP contribution in [0.3, 0.4) is 0 Å². The quantitative estimate of drug-likeness (QED) is 0.366. The summed E-state index contributed by atoms with van der Waals surface area (Å²) in [6.45, 7) is 4.47. The number of carbonyl (C=O) groups is 5. The Morgan fingerprint density at radius 2 is 1.74 bits per heavy atom. The highest BCUT2D eigenvalue weighted by Crippen LogP contribution is 2.29. The lowest BCUT2D eigenvalue weighted by Crippen LogP contribution is -2.64. The highest BCUT2D eigenvalue weighted by molar-refractivity contribution is 8.00. The number of rotatable bonds is 9. The van der Waals surface area contributed by atoms with Gasteiger partial charge in [0.25, 0.3) is 5.91 Å². The molecule has 0 bridgehead atoms. The molecule has 190 valence electrons. The molecule has 0 aromatic heterocycles. The van der Waals surface area contributed by atoms with Gasteiger partial charge in [0.05, 0.1) is 37.5 Å². The Morgan fingerprint density at radius 3 is 2.29 bits per heavy atom. The van der Waals surface area contributed by atoms with E-state index in [0.29, 0.717) is 5.57 Å². The fourth-order valence-electron chi connectivity index (χ4n) is 3.11. The number of amides is 1. The van der Waals surface area contributed by atoms with Gasteiger partial charge < -0.3 is 29.6 Å². The first kappa shape index (κ1) is 27.7. The molecule has 3 atom stereocenters. The van der Waals surface area contributed by atoms with E-state index in [2.05, 4.69) is 10.6 Å². The number of thioether (sulfide) groups is 1. The monoisotopic (exact) mass is 508 g/mol. The summed E-state index contributed by atoms with van der Waals surface area (Å²) in [5.41, 5.74) is -1.44. The number of methoxy groups -OCH3 is 2. The molecule has 0 fully saturated rings. The molecule has 1 aliphatic heterocycles. The predicted molar refractivity (Wildman–Crippen MR) is 125 cm³/mol. The van der Waals surface area contributed by atoms with Crippen LogP contribution in [0, 0.1) is 0 Å². The average molecular weight is 509 g/mol. The van der Waals surface area contributed by atoms with Crippen molar-refractivity contribution in [2.45, 2.75) is 37.8 Å². The lowest BCUT2D eigenvalue weighted by Gasteiger charge is -2.38. The van der Waals surface area contributed by atoms with Crippen LogP contribution in [0.5, 0.6) is 0 Å². The molecule has 0 saturated heterocycles. The zero-order valence-corrected chi connectivity index (χ0v) is 20.9. The molecule has 0 unspecified atom stereocenters. The van der Waals surface area contributed by atoms with Crippen molar-refractivity contribution in [3.63, 3.8) is 0 Å². The molecule has 2 N–H and O–H groups in total. The van der Waals surface area contributed by atoms with Crippen LogP contribution in [-0.2, 0) is 33.3 Å².